The second-order valence-corrected chi connectivity index (χ2v) is 5.12. The van der Waals surface area contributed by atoms with Crippen LogP contribution in [0.2, 0.25) is 0 Å². The minimum atomic E-state index is -0.761. The maximum atomic E-state index is 11.8. The van der Waals surface area contributed by atoms with Crippen molar-refractivity contribution < 1.29 is 9.53 Å². The zero-order chi connectivity index (χ0) is 14.7. The number of hydrogen-bond donors (Lipinski definition) is 0. The van der Waals surface area contributed by atoms with Crippen LogP contribution in [0, 0.1) is 0 Å². The van der Waals surface area contributed by atoms with Crippen LogP contribution in [0.4, 0.5) is 0 Å². The summed E-state index contributed by atoms with van der Waals surface area (Å²) in [5, 5.41) is 4.23. The van der Waals surface area contributed by atoms with E-state index < -0.39 is 12.0 Å². The molecule has 0 fully saturated rings. The van der Waals surface area contributed by atoms with Crippen molar-refractivity contribution in [2.24, 2.45) is 0 Å². The first-order valence-electron chi connectivity index (χ1n) is 5.96. The molecule has 0 spiro atoms. The molecule has 0 aliphatic heterocycles. The van der Waals surface area contributed by atoms with Crippen molar-refractivity contribution in [1.82, 2.24) is 9.78 Å². The molecule has 1 atom stereocenters. The average Bonchev–Trinajstić information content (AvgIpc) is 2.47. The Morgan fingerprint density at radius 3 is 2.50 bits per heavy atom. The molecule has 1 heterocycles. The SMILES string of the molecule is COC(=O)[C@H](C)n1nc(-c2ccc(Br)cc2)ccc1=O. The quantitative estimate of drug-likeness (QED) is 0.807. The Bertz CT molecular complexity index is 680. The van der Waals surface area contributed by atoms with E-state index in [-0.39, 0.29) is 5.56 Å². The minimum Gasteiger partial charge on any atom is -0.467 e. The van der Waals surface area contributed by atoms with Gasteiger partial charge in [0.05, 0.1) is 12.8 Å². The normalized spacial score (nSPS) is 11.9. The van der Waals surface area contributed by atoms with Gasteiger partial charge < -0.3 is 4.74 Å². The van der Waals surface area contributed by atoms with Gasteiger partial charge in [0.1, 0.15) is 0 Å². The third-order valence-corrected chi connectivity index (χ3v) is 3.40. The molecule has 0 radical (unpaired) electrons. The van der Waals surface area contributed by atoms with Gasteiger partial charge in [-0.05, 0) is 25.1 Å². The van der Waals surface area contributed by atoms with Crippen molar-refractivity contribution in [1.29, 1.82) is 0 Å². The van der Waals surface area contributed by atoms with E-state index in [1.54, 1.807) is 13.0 Å². The second-order valence-electron chi connectivity index (χ2n) is 4.21. The number of carbonyl (C=O) groups excluding carboxylic acids is 1. The molecule has 6 heteroatoms. The number of nitrogens with zero attached hydrogens (tertiary/aromatic N) is 2. The molecule has 0 N–H and O–H groups in total. The summed E-state index contributed by atoms with van der Waals surface area (Å²) in [4.78, 5) is 23.3. The Morgan fingerprint density at radius 2 is 1.90 bits per heavy atom. The van der Waals surface area contributed by atoms with E-state index in [1.807, 2.05) is 24.3 Å². The van der Waals surface area contributed by atoms with Crippen LogP contribution in [0.5, 0.6) is 0 Å². The summed E-state index contributed by atoms with van der Waals surface area (Å²) in [5.74, 6) is -0.507. The first-order valence-corrected chi connectivity index (χ1v) is 6.76. The number of hydrogen-bond acceptors (Lipinski definition) is 4. The summed E-state index contributed by atoms with van der Waals surface area (Å²) in [6.07, 6.45) is 0. The summed E-state index contributed by atoms with van der Waals surface area (Å²) < 4.78 is 6.72. The molecular formula is C14H13BrN2O3. The molecule has 1 aromatic carbocycles. The zero-order valence-corrected chi connectivity index (χ0v) is 12.6. The second kappa shape index (κ2) is 6.00. The highest BCUT2D eigenvalue weighted by molar-refractivity contribution is 9.10. The molecule has 20 heavy (non-hydrogen) atoms. The standard InChI is InChI=1S/C14H13BrN2O3/c1-9(14(19)20-2)17-13(18)8-7-12(16-17)10-3-5-11(15)6-4-10/h3-9H,1-2H3/t9-/m0/s1. The number of rotatable bonds is 3. The summed E-state index contributed by atoms with van der Waals surface area (Å²) in [6.45, 7) is 1.57. The molecule has 104 valence electrons. The molecule has 2 aromatic rings. The van der Waals surface area contributed by atoms with Gasteiger partial charge in [-0.1, -0.05) is 28.1 Å². The summed E-state index contributed by atoms with van der Waals surface area (Å²) >= 11 is 3.36. The Hall–Kier alpha value is -1.95. The van der Waals surface area contributed by atoms with E-state index in [0.29, 0.717) is 5.69 Å². The van der Waals surface area contributed by atoms with Crippen LogP contribution in [0.15, 0.2) is 45.7 Å². The van der Waals surface area contributed by atoms with Gasteiger partial charge in [-0.2, -0.15) is 5.10 Å². The van der Waals surface area contributed by atoms with E-state index in [9.17, 15) is 9.59 Å². The summed E-state index contributed by atoms with van der Waals surface area (Å²) in [7, 11) is 1.28. The van der Waals surface area contributed by atoms with Gasteiger partial charge in [0.25, 0.3) is 5.56 Å². The van der Waals surface area contributed by atoms with Crippen LogP contribution in [0.1, 0.15) is 13.0 Å². The molecular weight excluding hydrogens is 324 g/mol. The molecule has 0 bridgehead atoms. The Balaban J connectivity index is 2.45. The lowest BCUT2D eigenvalue weighted by molar-refractivity contribution is -0.144. The van der Waals surface area contributed by atoms with Gasteiger partial charge in [-0.25, -0.2) is 9.48 Å². The predicted octanol–water partition coefficient (Wildman–Crippen LogP) is 2.41. The number of halogens is 1. The Morgan fingerprint density at radius 1 is 1.25 bits per heavy atom. The van der Waals surface area contributed by atoms with Crippen molar-refractivity contribution in [3.05, 3.63) is 51.2 Å². The summed E-state index contributed by atoms with van der Waals surface area (Å²) in [6, 6.07) is 9.79. The van der Waals surface area contributed by atoms with Crippen molar-refractivity contribution in [3.8, 4) is 11.3 Å². The van der Waals surface area contributed by atoms with Gasteiger partial charge in [0.15, 0.2) is 6.04 Å². The number of methoxy groups -OCH3 is 1. The molecule has 5 nitrogen and oxygen atoms in total. The zero-order valence-electron chi connectivity index (χ0n) is 11.0. The fourth-order valence-electron chi connectivity index (χ4n) is 1.75. The van der Waals surface area contributed by atoms with Gasteiger partial charge in [-0.3, -0.25) is 4.79 Å². The number of aromatic nitrogens is 2. The van der Waals surface area contributed by atoms with E-state index >= 15 is 0 Å². The van der Waals surface area contributed by atoms with E-state index in [4.69, 9.17) is 0 Å². The average molecular weight is 337 g/mol. The van der Waals surface area contributed by atoms with Gasteiger partial charge >= 0.3 is 5.97 Å². The fraction of sp³-hybridized carbons (Fsp3) is 0.214. The molecule has 0 aliphatic carbocycles. The van der Waals surface area contributed by atoms with Gasteiger partial charge in [0, 0.05) is 16.1 Å². The Labute approximate surface area is 124 Å². The van der Waals surface area contributed by atoms with Crippen LogP contribution in [0.25, 0.3) is 11.3 Å². The third-order valence-electron chi connectivity index (χ3n) is 2.87. The topological polar surface area (TPSA) is 61.2 Å². The minimum absolute atomic E-state index is 0.344. The molecule has 0 saturated heterocycles. The van der Waals surface area contributed by atoms with Crippen LogP contribution in [-0.4, -0.2) is 22.9 Å². The van der Waals surface area contributed by atoms with Crippen LogP contribution in [-0.2, 0) is 9.53 Å². The monoisotopic (exact) mass is 336 g/mol. The first-order chi connectivity index (χ1) is 9.52. The number of esters is 1. The highest BCUT2D eigenvalue weighted by atomic mass is 79.9. The van der Waals surface area contributed by atoms with Crippen LogP contribution < -0.4 is 5.56 Å². The lowest BCUT2D eigenvalue weighted by Gasteiger charge is -2.12. The van der Waals surface area contributed by atoms with Crippen molar-refractivity contribution in [3.63, 3.8) is 0 Å². The highest BCUT2D eigenvalue weighted by Gasteiger charge is 2.18. The number of ether oxygens (including phenoxy) is 1. The van der Waals surface area contributed by atoms with E-state index in [1.165, 1.54) is 13.2 Å². The fourth-order valence-corrected chi connectivity index (χ4v) is 2.01. The summed E-state index contributed by atoms with van der Waals surface area (Å²) in [5.41, 5.74) is 1.13. The van der Waals surface area contributed by atoms with Gasteiger partial charge in [0.2, 0.25) is 0 Å². The Kier molecular flexibility index (Phi) is 4.34. The first kappa shape index (κ1) is 14.5. The molecule has 0 amide bonds. The molecule has 2 rings (SSSR count). The van der Waals surface area contributed by atoms with E-state index in [2.05, 4.69) is 25.8 Å². The van der Waals surface area contributed by atoms with Crippen LogP contribution >= 0.6 is 15.9 Å². The maximum Gasteiger partial charge on any atom is 0.330 e. The number of carbonyl (C=O) groups is 1. The lowest BCUT2D eigenvalue weighted by Crippen LogP contribution is -2.30. The molecule has 0 aliphatic rings. The van der Waals surface area contributed by atoms with Crippen molar-refractivity contribution in [2.45, 2.75) is 13.0 Å². The smallest absolute Gasteiger partial charge is 0.330 e. The molecule has 0 saturated carbocycles. The van der Waals surface area contributed by atoms with E-state index in [0.717, 1.165) is 14.7 Å². The van der Waals surface area contributed by atoms with Crippen molar-refractivity contribution in [2.75, 3.05) is 7.11 Å². The third kappa shape index (κ3) is 2.96. The number of benzene rings is 1. The van der Waals surface area contributed by atoms with Crippen LogP contribution in [0.3, 0.4) is 0 Å². The highest BCUT2D eigenvalue weighted by Crippen LogP contribution is 2.19. The van der Waals surface area contributed by atoms with Gasteiger partial charge in [-0.15, -0.1) is 0 Å². The molecule has 0 unspecified atom stereocenters. The maximum absolute atomic E-state index is 11.8. The largest absolute Gasteiger partial charge is 0.467 e. The predicted molar refractivity (Wildman–Crippen MR) is 78.4 cm³/mol. The lowest BCUT2D eigenvalue weighted by atomic mass is 10.1. The molecule has 1 aromatic heterocycles. The van der Waals surface area contributed by atoms with Crippen molar-refractivity contribution >= 4 is 21.9 Å².